The molecule has 0 spiro atoms. The number of rotatable bonds is 7. The van der Waals surface area contributed by atoms with Crippen molar-refractivity contribution in [3.05, 3.63) is 34.9 Å². The van der Waals surface area contributed by atoms with Crippen molar-refractivity contribution < 1.29 is 19.1 Å². The van der Waals surface area contributed by atoms with E-state index in [1.165, 1.54) is 7.11 Å². The Morgan fingerprint density at radius 1 is 1.35 bits per heavy atom. The van der Waals surface area contributed by atoms with Gasteiger partial charge in [0.15, 0.2) is 0 Å². The number of carbonyl (C=O) groups excluding carboxylic acids is 2. The van der Waals surface area contributed by atoms with Crippen molar-refractivity contribution in [3.63, 3.8) is 0 Å². The summed E-state index contributed by atoms with van der Waals surface area (Å²) < 4.78 is 9.67. The van der Waals surface area contributed by atoms with Crippen molar-refractivity contribution in [2.75, 3.05) is 20.3 Å². The summed E-state index contributed by atoms with van der Waals surface area (Å²) in [6.07, 6.45) is 0.0120. The van der Waals surface area contributed by atoms with Gasteiger partial charge in [-0.3, -0.25) is 9.59 Å². The maximum atomic E-state index is 11.7. The highest BCUT2D eigenvalue weighted by atomic mass is 35.5. The summed E-state index contributed by atoms with van der Waals surface area (Å²) in [4.78, 5) is 23.2. The molecule has 0 aromatic heterocycles. The van der Waals surface area contributed by atoms with Crippen LogP contribution in [0.5, 0.6) is 0 Å². The van der Waals surface area contributed by atoms with E-state index < -0.39 is 12.0 Å². The number of carbonyl (C=O) groups is 2. The van der Waals surface area contributed by atoms with Crippen LogP contribution in [0.3, 0.4) is 0 Å². The highest BCUT2D eigenvalue weighted by Crippen LogP contribution is 2.25. The first-order valence-corrected chi connectivity index (χ1v) is 6.64. The van der Waals surface area contributed by atoms with Gasteiger partial charge in [0.2, 0.25) is 5.91 Å². The lowest BCUT2D eigenvalue weighted by Gasteiger charge is -2.19. The molecule has 1 amide bonds. The quantitative estimate of drug-likeness (QED) is 0.783. The van der Waals surface area contributed by atoms with Crippen LogP contribution in [0, 0.1) is 0 Å². The van der Waals surface area contributed by atoms with Crippen LogP contribution in [0.4, 0.5) is 0 Å². The lowest BCUT2D eigenvalue weighted by atomic mass is 10.0. The van der Waals surface area contributed by atoms with E-state index in [4.69, 9.17) is 16.3 Å². The van der Waals surface area contributed by atoms with Crippen molar-refractivity contribution in [2.45, 2.75) is 19.4 Å². The molecule has 6 heteroatoms. The third-order valence-electron chi connectivity index (χ3n) is 2.65. The number of methoxy groups -OCH3 is 1. The van der Waals surface area contributed by atoms with Gasteiger partial charge in [-0.05, 0) is 18.6 Å². The van der Waals surface area contributed by atoms with Gasteiger partial charge in [0.1, 0.15) is 6.61 Å². The van der Waals surface area contributed by atoms with E-state index in [9.17, 15) is 9.59 Å². The second kappa shape index (κ2) is 8.55. The van der Waals surface area contributed by atoms with Crippen LogP contribution in [0.2, 0.25) is 5.02 Å². The number of nitrogens with one attached hydrogen (secondary N) is 1. The Labute approximate surface area is 123 Å². The van der Waals surface area contributed by atoms with Crippen molar-refractivity contribution in [2.24, 2.45) is 0 Å². The summed E-state index contributed by atoms with van der Waals surface area (Å²) >= 11 is 6.10. The molecule has 20 heavy (non-hydrogen) atoms. The molecule has 110 valence electrons. The number of amides is 1. The van der Waals surface area contributed by atoms with E-state index >= 15 is 0 Å². The van der Waals surface area contributed by atoms with Crippen molar-refractivity contribution in [1.82, 2.24) is 5.32 Å². The SMILES string of the molecule is CCOCC(=O)NC(CC(=O)OC)c1ccccc1Cl. The number of esters is 1. The molecule has 0 heterocycles. The largest absolute Gasteiger partial charge is 0.469 e. The lowest BCUT2D eigenvalue weighted by molar-refractivity contribution is -0.141. The van der Waals surface area contributed by atoms with Gasteiger partial charge in [0.05, 0.1) is 19.6 Å². The number of hydrogen-bond donors (Lipinski definition) is 1. The Kier molecular flexibility index (Phi) is 7.04. The molecule has 1 rings (SSSR count). The Morgan fingerprint density at radius 2 is 2.05 bits per heavy atom. The van der Waals surface area contributed by atoms with Crippen LogP contribution >= 0.6 is 11.6 Å². The maximum absolute atomic E-state index is 11.7. The average molecular weight is 300 g/mol. The summed E-state index contributed by atoms with van der Waals surface area (Å²) in [5.41, 5.74) is 0.671. The van der Waals surface area contributed by atoms with Crippen molar-refractivity contribution >= 4 is 23.5 Å². The summed E-state index contributed by atoms with van der Waals surface area (Å²) in [6.45, 7) is 2.19. The predicted octanol–water partition coefficient (Wildman–Crippen LogP) is 2.10. The molecule has 0 aliphatic heterocycles. The summed E-state index contributed by atoms with van der Waals surface area (Å²) in [5.74, 6) is -0.729. The fourth-order valence-electron chi connectivity index (χ4n) is 1.68. The molecule has 0 saturated carbocycles. The average Bonchev–Trinajstić information content (AvgIpc) is 2.44. The Balaban J connectivity index is 2.83. The van der Waals surface area contributed by atoms with E-state index in [0.717, 1.165) is 0 Å². The molecule has 1 atom stereocenters. The number of ether oxygens (including phenoxy) is 2. The number of benzene rings is 1. The van der Waals surface area contributed by atoms with E-state index in [0.29, 0.717) is 17.2 Å². The normalized spacial score (nSPS) is 11.8. The van der Waals surface area contributed by atoms with Crippen molar-refractivity contribution in [1.29, 1.82) is 0 Å². The van der Waals surface area contributed by atoms with E-state index in [1.807, 2.05) is 0 Å². The zero-order valence-electron chi connectivity index (χ0n) is 11.5. The van der Waals surface area contributed by atoms with Gasteiger partial charge in [0.25, 0.3) is 0 Å². The Bertz CT molecular complexity index is 464. The second-order valence-corrected chi connectivity index (χ2v) is 4.47. The minimum atomic E-state index is -0.538. The van der Waals surface area contributed by atoms with Crippen LogP contribution in [-0.4, -0.2) is 32.2 Å². The van der Waals surface area contributed by atoms with Crippen LogP contribution in [0.15, 0.2) is 24.3 Å². The third-order valence-corrected chi connectivity index (χ3v) is 3.00. The molecular formula is C14H18ClNO4. The minimum Gasteiger partial charge on any atom is -0.469 e. The molecule has 0 radical (unpaired) electrons. The summed E-state index contributed by atoms with van der Waals surface area (Å²) in [6, 6.07) is 6.50. The van der Waals surface area contributed by atoms with Crippen LogP contribution in [0.1, 0.15) is 24.9 Å². The second-order valence-electron chi connectivity index (χ2n) is 4.06. The topological polar surface area (TPSA) is 64.6 Å². The van der Waals surface area contributed by atoms with Crippen LogP contribution in [0.25, 0.3) is 0 Å². The van der Waals surface area contributed by atoms with Gasteiger partial charge in [0, 0.05) is 11.6 Å². The highest BCUT2D eigenvalue weighted by molar-refractivity contribution is 6.31. The van der Waals surface area contributed by atoms with E-state index in [-0.39, 0.29) is 18.9 Å². The Hall–Kier alpha value is -1.59. The standard InChI is InChI=1S/C14H18ClNO4/c1-3-20-9-13(17)16-12(8-14(18)19-2)10-6-4-5-7-11(10)15/h4-7,12H,3,8-9H2,1-2H3,(H,16,17). The van der Waals surface area contributed by atoms with Crippen LogP contribution in [-0.2, 0) is 19.1 Å². The number of halogens is 1. The minimum absolute atomic E-state index is 0.0120. The fourth-order valence-corrected chi connectivity index (χ4v) is 1.94. The molecule has 1 unspecified atom stereocenters. The van der Waals surface area contributed by atoms with Gasteiger partial charge in [-0.2, -0.15) is 0 Å². The monoisotopic (exact) mass is 299 g/mol. The van der Waals surface area contributed by atoms with Gasteiger partial charge in [-0.15, -0.1) is 0 Å². The first-order chi connectivity index (χ1) is 9.58. The molecule has 1 aromatic carbocycles. The zero-order chi connectivity index (χ0) is 15.0. The molecule has 0 bridgehead atoms. The molecular weight excluding hydrogens is 282 g/mol. The van der Waals surface area contributed by atoms with Gasteiger partial charge < -0.3 is 14.8 Å². The highest BCUT2D eigenvalue weighted by Gasteiger charge is 2.20. The van der Waals surface area contributed by atoms with Crippen LogP contribution < -0.4 is 5.32 Å². The molecule has 0 aliphatic carbocycles. The maximum Gasteiger partial charge on any atom is 0.307 e. The molecule has 1 aromatic rings. The fraction of sp³-hybridized carbons (Fsp3) is 0.429. The lowest BCUT2D eigenvalue weighted by Crippen LogP contribution is -2.33. The Morgan fingerprint density at radius 3 is 2.65 bits per heavy atom. The molecule has 0 saturated heterocycles. The van der Waals surface area contributed by atoms with Gasteiger partial charge in [-0.1, -0.05) is 29.8 Å². The van der Waals surface area contributed by atoms with Gasteiger partial charge >= 0.3 is 5.97 Å². The molecule has 0 aliphatic rings. The third kappa shape index (κ3) is 5.19. The van der Waals surface area contributed by atoms with E-state index in [1.54, 1.807) is 31.2 Å². The molecule has 0 fully saturated rings. The first kappa shape index (κ1) is 16.5. The van der Waals surface area contributed by atoms with Gasteiger partial charge in [-0.25, -0.2) is 0 Å². The zero-order valence-corrected chi connectivity index (χ0v) is 12.3. The smallest absolute Gasteiger partial charge is 0.307 e. The number of hydrogen-bond acceptors (Lipinski definition) is 4. The molecule has 1 N–H and O–H groups in total. The van der Waals surface area contributed by atoms with Crippen molar-refractivity contribution in [3.8, 4) is 0 Å². The summed E-state index contributed by atoms with van der Waals surface area (Å²) in [7, 11) is 1.30. The summed E-state index contributed by atoms with van der Waals surface area (Å²) in [5, 5.41) is 3.21. The first-order valence-electron chi connectivity index (χ1n) is 6.26. The van der Waals surface area contributed by atoms with E-state index in [2.05, 4.69) is 10.1 Å². The predicted molar refractivity (Wildman–Crippen MR) is 75.5 cm³/mol. The molecule has 5 nitrogen and oxygen atoms in total.